The van der Waals surface area contributed by atoms with E-state index in [1.165, 1.54) is 0 Å². The molecule has 3 rings (SSSR count). The molecule has 3 aromatic rings. The summed E-state index contributed by atoms with van der Waals surface area (Å²) in [5, 5.41) is 36.4. The van der Waals surface area contributed by atoms with Gasteiger partial charge in [-0.25, -0.2) is 0 Å². The molecule has 3 aromatic carbocycles. The summed E-state index contributed by atoms with van der Waals surface area (Å²) in [7, 11) is -2.95. The molecule has 0 fully saturated rings. The summed E-state index contributed by atoms with van der Waals surface area (Å²) >= 11 is 0. The fraction of sp³-hybridized carbons (Fsp3) is 0. The van der Waals surface area contributed by atoms with Crippen LogP contribution in [0.5, 0.6) is 0 Å². The summed E-state index contributed by atoms with van der Waals surface area (Å²) in [6.45, 7) is 0. The van der Waals surface area contributed by atoms with E-state index < -0.39 is 14.2 Å². The highest BCUT2D eigenvalue weighted by Crippen LogP contribution is 2.18. The van der Waals surface area contributed by atoms with Crippen LogP contribution in [0.4, 0.5) is 11.4 Å². The average molecular weight is 372 g/mol. The molecule has 138 valence electrons. The van der Waals surface area contributed by atoms with E-state index in [2.05, 4.69) is 9.98 Å². The number of nitrogens with zero attached hydrogens (tertiary/aromatic N) is 2. The van der Waals surface area contributed by atoms with Crippen LogP contribution in [0.25, 0.3) is 0 Å². The Morgan fingerprint density at radius 2 is 0.821 bits per heavy atom. The van der Waals surface area contributed by atoms with Crippen LogP contribution in [-0.4, -0.2) is 46.8 Å². The van der Waals surface area contributed by atoms with E-state index in [9.17, 15) is 0 Å². The van der Waals surface area contributed by atoms with Crippen molar-refractivity contribution in [2.24, 2.45) is 9.98 Å². The Morgan fingerprint density at radius 1 is 0.500 bits per heavy atom. The Balaban J connectivity index is 1.62. The molecule has 4 N–H and O–H groups in total. The fourth-order valence-electron chi connectivity index (χ4n) is 2.43. The van der Waals surface area contributed by atoms with Crippen molar-refractivity contribution in [2.45, 2.75) is 0 Å². The van der Waals surface area contributed by atoms with Crippen molar-refractivity contribution < 1.29 is 20.1 Å². The summed E-state index contributed by atoms with van der Waals surface area (Å²) in [6.07, 6.45) is 3.39. The van der Waals surface area contributed by atoms with Crippen molar-refractivity contribution in [3.63, 3.8) is 0 Å². The van der Waals surface area contributed by atoms with Crippen molar-refractivity contribution in [1.82, 2.24) is 0 Å². The second kappa shape index (κ2) is 9.25. The van der Waals surface area contributed by atoms with Gasteiger partial charge in [-0.15, -0.1) is 0 Å². The van der Waals surface area contributed by atoms with Gasteiger partial charge in [0.05, 0.1) is 11.4 Å². The molecule has 6 nitrogen and oxygen atoms in total. The number of hydrogen-bond donors (Lipinski definition) is 4. The molecule has 0 heterocycles. The first-order valence-corrected chi connectivity index (χ1v) is 8.62. The van der Waals surface area contributed by atoms with Gasteiger partial charge in [-0.3, -0.25) is 9.98 Å². The van der Waals surface area contributed by atoms with E-state index in [0.717, 1.165) is 22.5 Å². The molecule has 0 aliphatic carbocycles. The molecule has 0 aromatic heterocycles. The first-order valence-electron chi connectivity index (χ1n) is 8.62. The molecule has 0 aliphatic rings. The van der Waals surface area contributed by atoms with E-state index in [-0.39, 0.29) is 0 Å². The molecule has 0 aliphatic heterocycles. The summed E-state index contributed by atoms with van der Waals surface area (Å²) in [5.41, 5.74) is 4.10. The van der Waals surface area contributed by atoms with Crippen LogP contribution in [0.15, 0.2) is 82.8 Å². The van der Waals surface area contributed by atoms with Gasteiger partial charge in [-0.2, -0.15) is 0 Å². The first-order chi connectivity index (χ1) is 13.5. The van der Waals surface area contributed by atoms with Crippen molar-refractivity contribution in [2.75, 3.05) is 0 Å². The zero-order chi connectivity index (χ0) is 19.9. The van der Waals surface area contributed by atoms with Crippen molar-refractivity contribution in [3.8, 4) is 0 Å². The molecule has 0 unspecified atom stereocenters. The molecule has 0 spiro atoms. The first kappa shape index (κ1) is 19.7. The third kappa shape index (κ3) is 5.48. The van der Waals surface area contributed by atoms with Crippen molar-refractivity contribution >= 4 is 49.0 Å². The van der Waals surface area contributed by atoms with Gasteiger partial charge in [0.1, 0.15) is 0 Å². The number of aliphatic imine (C=N–C) groups is 2. The smallest absolute Gasteiger partial charge is 0.423 e. The molecule has 8 heteroatoms. The second-order valence-electron chi connectivity index (χ2n) is 6.11. The highest BCUT2D eigenvalue weighted by Gasteiger charge is 2.09. The SMILES string of the molecule is OB(O)c1ccc(/C=N/c2ccc(/N=C/c3ccc(B(O)O)cc3)cc2)cc1. The van der Waals surface area contributed by atoms with Crippen LogP contribution in [0, 0.1) is 0 Å². The van der Waals surface area contributed by atoms with Crippen LogP contribution >= 0.6 is 0 Å². The van der Waals surface area contributed by atoms with E-state index >= 15 is 0 Å². The van der Waals surface area contributed by atoms with Crippen LogP contribution in [-0.2, 0) is 0 Å². The van der Waals surface area contributed by atoms with Gasteiger partial charge < -0.3 is 20.1 Å². The minimum Gasteiger partial charge on any atom is -0.423 e. The van der Waals surface area contributed by atoms with Crippen LogP contribution in [0.1, 0.15) is 11.1 Å². The molecule has 0 bridgehead atoms. The largest absolute Gasteiger partial charge is 0.488 e. The summed E-state index contributed by atoms with van der Waals surface area (Å²) in [6, 6.07) is 21.0. The molecule has 0 saturated carbocycles. The quantitative estimate of drug-likeness (QED) is 0.375. The Hall–Kier alpha value is -3.03. The van der Waals surface area contributed by atoms with E-state index in [4.69, 9.17) is 20.1 Å². The topological polar surface area (TPSA) is 106 Å². The third-order valence-electron chi connectivity index (χ3n) is 4.04. The lowest BCUT2D eigenvalue weighted by Gasteiger charge is -2.00. The van der Waals surface area contributed by atoms with E-state index in [0.29, 0.717) is 10.9 Å². The molecule has 0 atom stereocenters. The Morgan fingerprint density at radius 3 is 1.11 bits per heavy atom. The maximum atomic E-state index is 9.09. The average Bonchev–Trinajstić information content (AvgIpc) is 2.72. The van der Waals surface area contributed by atoms with E-state index in [1.807, 2.05) is 24.3 Å². The minimum absolute atomic E-state index is 0.432. The highest BCUT2D eigenvalue weighted by atomic mass is 16.4. The van der Waals surface area contributed by atoms with Gasteiger partial charge in [0.15, 0.2) is 0 Å². The predicted octanol–water partition coefficient (Wildman–Crippen LogP) is 0.547. The standard InChI is InChI=1S/C20H18B2N2O4/c25-21(26)17-5-1-15(2-6-17)13-23-19-9-11-20(12-10-19)24-14-16-3-7-18(8-4-16)22(27)28/h1-14,25-28H/b23-13+,24-14+. The van der Waals surface area contributed by atoms with Gasteiger partial charge in [0.25, 0.3) is 0 Å². The lowest BCUT2D eigenvalue weighted by atomic mass is 9.80. The van der Waals surface area contributed by atoms with Crippen LogP contribution in [0.3, 0.4) is 0 Å². The molecule has 28 heavy (non-hydrogen) atoms. The maximum Gasteiger partial charge on any atom is 0.488 e. The number of rotatable bonds is 6. The van der Waals surface area contributed by atoms with Gasteiger partial charge in [-0.05, 0) is 46.3 Å². The predicted molar refractivity (Wildman–Crippen MR) is 113 cm³/mol. The Bertz CT molecular complexity index is 875. The van der Waals surface area contributed by atoms with Crippen molar-refractivity contribution in [1.29, 1.82) is 0 Å². The Kier molecular flexibility index (Phi) is 6.52. The normalized spacial score (nSPS) is 11.3. The van der Waals surface area contributed by atoms with Crippen LogP contribution in [0.2, 0.25) is 0 Å². The minimum atomic E-state index is -1.47. The zero-order valence-electron chi connectivity index (χ0n) is 14.9. The highest BCUT2D eigenvalue weighted by molar-refractivity contribution is 6.58. The Labute approximate surface area is 163 Å². The molecule has 0 saturated heterocycles. The number of benzene rings is 3. The van der Waals surface area contributed by atoms with Gasteiger partial charge in [0, 0.05) is 12.4 Å². The zero-order valence-corrected chi connectivity index (χ0v) is 14.9. The monoisotopic (exact) mass is 372 g/mol. The van der Waals surface area contributed by atoms with Gasteiger partial charge in [0.2, 0.25) is 0 Å². The lowest BCUT2D eigenvalue weighted by molar-refractivity contribution is 0.424. The fourth-order valence-corrected chi connectivity index (χ4v) is 2.43. The summed E-state index contributed by atoms with van der Waals surface area (Å²) < 4.78 is 0. The third-order valence-corrected chi connectivity index (χ3v) is 4.04. The lowest BCUT2D eigenvalue weighted by Crippen LogP contribution is -2.29. The van der Waals surface area contributed by atoms with Gasteiger partial charge in [-0.1, -0.05) is 48.5 Å². The summed E-state index contributed by atoms with van der Waals surface area (Å²) in [5.74, 6) is 0. The van der Waals surface area contributed by atoms with Gasteiger partial charge >= 0.3 is 14.2 Å². The molecular formula is C20H18B2N2O4. The molecule has 0 radical (unpaired) electrons. The maximum absolute atomic E-state index is 9.09. The van der Waals surface area contributed by atoms with Crippen LogP contribution < -0.4 is 10.9 Å². The second-order valence-corrected chi connectivity index (χ2v) is 6.11. The van der Waals surface area contributed by atoms with Crippen molar-refractivity contribution in [3.05, 3.63) is 83.9 Å². The van der Waals surface area contributed by atoms with E-state index in [1.54, 1.807) is 61.0 Å². The number of hydrogen-bond acceptors (Lipinski definition) is 6. The molecular weight excluding hydrogens is 354 g/mol. The summed E-state index contributed by atoms with van der Waals surface area (Å²) in [4.78, 5) is 8.77. The molecule has 0 amide bonds.